The molecular formula is C36H62O6. The number of carbonyl (C=O) groups is 2. The first-order valence-corrected chi connectivity index (χ1v) is 16.9. The second-order valence-corrected chi connectivity index (χ2v) is 11.3. The number of aromatic hydroxyl groups is 2. The molecule has 0 heterocycles. The van der Waals surface area contributed by atoms with Crippen molar-refractivity contribution in [1.29, 1.82) is 0 Å². The summed E-state index contributed by atoms with van der Waals surface area (Å²) in [6, 6.07) is 1.35. The Bertz CT molecular complexity index is 861. The summed E-state index contributed by atoms with van der Waals surface area (Å²) >= 11 is 0. The smallest absolute Gasteiger partial charge is 0.339 e. The lowest BCUT2D eigenvalue weighted by Crippen LogP contribution is -2.03. The molecule has 0 bridgehead atoms. The average Bonchev–Trinajstić information content (AvgIpc) is 2.94. The van der Waals surface area contributed by atoms with E-state index in [1.165, 1.54) is 129 Å². The first kappa shape index (κ1) is 39.5. The van der Waals surface area contributed by atoms with E-state index in [2.05, 4.69) is 19.1 Å². The van der Waals surface area contributed by atoms with Crippen LogP contribution in [0.15, 0.2) is 18.2 Å². The lowest BCUT2D eigenvalue weighted by atomic mass is 10.0. The van der Waals surface area contributed by atoms with Crippen molar-refractivity contribution in [3.63, 3.8) is 0 Å². The topological polar surface area (TPSA) is 104 Å². The van der Waals surface area contributed by atoms with Gasteiger partial charge in [-0.05, 0) is 64.0 Å². The van der Waals surface area contributed by atoms with E-state index in [1.54, 1.807) is 6.92 Å². The Kier molecular flexibility index (Phi) is 25.7. The van der Waals surface area contributed by atoms with Crippen LogP contribution in [0, 0.1) is 6.92 Å². The van der Waals surface area contributed by atoms with Gasteiger partial charge in [0.1, 0.15) is 17.1 Å². The van der Waals surface area contributed by atoms with Crippen molar-refractivity contribution in [1.82, 2.24) is 0 Å². The number of hydrogen-bond donors (Lipinski definition) is 3. The second kappa shape index (κ2) is 27.3. The SMILES string of the molecule is CCCCCCCC/C=C\CCCCCCCCCCCCCC(=O)OCC.CCc1c(O)cc(C)c(C(=O)O)c1O. The Morgan fingerprint density at radius 1 is 0.714 bits per heavy atom. The molecule has 1 rings (SSSR count). The van der Waals surface area contributed by atoms with Gasteiger partial charge in [-0.15, -0.1) is 0 Å². The highest BCUT2D eigenvalue weighted by Gasteiger charge is 2.18. The third-order valence-electron chi connectivity index (χ3n) is 7.59. The molecule has 0 amide bonds. The number of esters is 1. The summed E-state index contributed by atoms with van der Waals surface area (Å²) in [5.74, 6) is -1.62. The second-order valence-electron chi connectivity index (χ2n) is 11.3. The molecule has 3 N–H and O–H groups in total. The Morgan fingerprint density at radius 2 is 1.17 bits per heavy atom. The Hall–Kier alpha value is -2.50. The Morgan fingerprint density at radius 3 is 1.60 bits per heavy atom. The highest BCUT2D eigenvalue weighted by Crippen LogP contribution is 2.33. The summed E-state index contributed by atoms with van der Waals surface area (Å²) in [5, 5.41) is 27.8. The first-order valence-electron chi connectivity index (χ1n) is 16.9. The van der Waals surface area contributed by atoms with Gasteiger partial charge in [0.05, 0.1) is 6.61 Å². The van der Waals surface area contributed by atoms with Crippen LogP contribution in [0.4, 0.5) is 0 Å². The fraction of sp³-hybridized carbons (Fsp3) is 0.722. The zero-order valence-electron chi connectivity index (χ0n) is 27.4. The zero-order chi connectivity index (χ0) is 31.4. The van der Waals surface area contributed by atoms with Crippen LogP contribution >= 0.6 is 0 Å². The number of unbranched alkanes of at least 4 members (excludes halogenated alkanes) is 17. The number of aromatic carboxylic acids is 1. The summed E-state index contributed by atoms with van der Waals surface area (Å²) in [4.78, 5) is 22.0. The van der Waals surface area contributed by atoms with Crippen molar-refractivity contribution in [2.45, 2.75) is 163 Å². The van der Waals surface area contributed by atoms with Gasteiger partial charge >= 0.3 is 11.9 Å². The summed E-state index contributed by atoms with van der Waals surface area (Å²) < 4.78 is 4.94. The standard InChI is InChI=1S/C26H50O2.C10H12O4/c1-3-5-6-7-8-9-10-11-12-13-14-15-16-17-18-19-20-21-22-23-24-25-26(27)28-4-2;1-3-6-7(11)4-5(2)8(9(6)12)10(13)14/h11-12H,3-10,13-25H2,1-2H3;4,11-12H,3H2,1-2H3,(H,13,14)/b12-11-;. The monoisotopic (exact) mass is 590 g/mol. The van der Waals surface area contributed by atoms with Crippen LogP contribution in [-0.4, -0.2) is 33.9 Å². The number of phenolic OH excluding ortho intramolecular Hbond substituents is 1. The van der Waals surface area contributed by atoms with Gasteiger partial charge in [0.25, 0.3) is 0 Å². The highest BCUT2D eigenvalue weighted by atomic mass is 16.5. The number of ether oxygens (including phenoxy) is 1. The molecule has 0 aliphatic rings. The maximum atomic E-state index is 11.2. The lowest BCUT2D eigenvalue weighted by Gasteiger charge is -2.10. The van der Waals surface area contributed by atoms with Crippen LogP contribution in [0.25, 0.3) is 0 Å². The number of carbonyl (C=O) groups excluding carboxylic acids is 1. The van der Waals surface area contributed by atoms with Gasteiger partial charge in [0.2, 0.25) is 0 Å². The quantitative estimate of drug-likeness (QED) is 0.0628. The number of carboxylic acid groups (broad SMARTS) is 1. The van der Waals surface area contributed by atoms with Crippen molar-refractivity contribution in [2.24, 2.45) is 0 Å². The van der Waals surface area contributed by atoms with Crippen LogP contribution in [0.3, 0.4) is 0 Å². The minimum atomic E-state index is -1.19. The Labute approximate surface area is 257 Å². The summed E-state index contributed by atoms with van der Waals surface area (Å²) in [7, 11) is 0. The van der Waals surface area contributed by atoms with Crippen molar-refractivity contribution in [2.75, 3.05) is 6.61 Å². The molecular weight excluding hydrogens is 528 g/mol. The van der Waals surface area contributed by atoms with Crippen molar-refractivity contribution in [3.05, 3.63) is 34.9 Å². The summed E-state index contributed by atoms with van der Waals surface area (Å²) in [6.45, 7) is 7.92. The molecule has 42 heavy (non-hydrogen) atoms. The van der Waals surface area contributed by atoms with Gasteiger partial charge in [-0.1, -0.05) is 116 Å². The number of carboxylic acids is 1. The highest BCUT2D eigenvalue weighted by molar-refractivity contribution is 5.93. The molecule has 1 aromatic carbocycles. The predicted molar refractivity (Wildman–Crippen MR) is 175 cm³/mol. The van der Waals surface area contributed by atoms with Crippen molar-refractivity contribution < 1.29 is 29.6 Å². The number of phenols is 2. The van der Waals surface area contributed by atoms with E-state index in [-0.39, 0.29) is 28.6 Å². The van der Waals surface area contributed by atoms with E-state index < -0.39 is 5.97 Å². The molecule has 0 aliphatic heterocycles. The molecule has 0 spiro atoms. The third kappa shape index (κ3) is 20.4. The lowest BCUT2D eigenvalue weighted by molar-refractivity contribution is -0.143. The van der Waals surface area contributed by atoms with E-state index in [1.807, 2.05) is 6.92 Å². The molecule has 0 saturated heterocycles. The molecule has 1 aromatic rings. The number of allylic oxidation sites excluding steroid dienone is 2. The first-order chi connectivity index (χ1) is 20.3. The molecule has 6 heteroatoms. The fourth-order valence-corrected chi connectivity index (χ4v) is 5.08. The minimum Gasteiger partial charge on any atom is -0.508 e. The van der Waals surface area contributed by atoms with Crippen LogP contribution in [0.5, 0.6) is 11.5 Å². The molecule has 0 radical (unpaired) electrons. The van der Waals surface area contributed by atoms with Gasteiger partial charge in [0.15, 0.2) is 0 Å². The van der Waals surface area contributed by atoms with Gasteiger partial charge < -0.3 is 20.1 Å². The molecule has 6 nitrogen and oxygen atoms in total. The molecule has 0 aliphatic carbocycles. The molecule has 242 valence electrons. The number of rotatable bonds is 24. The molecule has 0 saturated carbocycles. The zero-order valence-corrected chi connectivity index (χ0v) is 27.4. The number of benzene rings is 1. The summed E-state index contributed by atoms with van der Waals surface area (Å²) in [5.41, 5.74) is 0.484. The fourth-order valence-electron chi connectivity index (χ4n) is 5.08. The predicted octanol–water partition coefficient (Wildman–Crippen LogP) is 10.6. The van der Waals surface area contributed by atoms with E-state index in [9.17, 15) is 19.8 Å². The molecule has 0 fully saturated rings. The maximum absolute atomic E-state index is 11.2. The van der Waals surface area contributed by atoms with E-state index in [0.29, 0.717) is 25.0 Å². The van der Waals surface area contributed by atoms with Gasteiger partial charge in [-0.3, -0.25) is 4.79 Å². The maximum Gasteiger partial charge on any atom is 0.339 e. The van der Waals surface area contributed by atoms with Crippen LogP contribution < -0.4 is 0 Å². The van der Waals surface area contributed by atoms with E-state index in [4.69, 9.17) is 9.84 Å². The van der Waals surface area contributed by atoms with Gasteiger partial charge in [-0.25, -0.2) is 4.79 Å². The molecule has 0 unspecified atom stereocenters. The molecule has 0 aromatic heterocycles. The third-order valence-corrected chi connectivity index (χ3v) is 7.59. The number of aryl methyl sites for hydroxylation is 1. The Balaban J connectivity index is 0.000000996. The summed E-state index contributed by atoms with van der Waals surface area (Å²) in [6.07, 6.45) is 31.3. The largest absolute Gasteiger partial charge is 0.508 e. The number of hydrogen-bond acceptors (Lipinski definition) is 5. The van der Waals surface area contributed by atoms with Gasteiger partial charge in [0, 0.05) is 12.0 Å². The molecule has 0 atom stereocenters. The van der Waals surface area contributed by atoms with E-state index in [0.717, 1.165) is 6.42 Å². The van der Waals surface area contributed by atoms with Crippen LogP contribution in [0.2, 0.25) is 0 Å². The normalized spacial score (nSPS) is 11.0. The van der Waals surface area contributed by atoms with Gasteiger partial charge in [-0.2, -0.15) is 0 Å². The van der Waals surface area contributed by atoms with Crippen molar-refractivity contribution in [3.8, 4) is 11.5 Å². The minimum absolute atomic E-state index is 0.0317. The average molecular weight is 591 g/mol. The van der Waals surface area contributed by atoms with Crippen LogP contribution in [0.1, 0.15) is 171 Å². The van der Waals surface area contributed by atoms with E-state index >= 15 is 0 Å². The van der Waals surface area contributed by atoms with Crippen molar-refractivity contribution >= 4 is 11.9 Å². The van der Waals surface area contributed by atoms with Crippen LogP contribution in [-0.2, 0) is 16.0 Å².